The first-order chi connectivity index (χ1) is 11.8. The standard InChI is InChI=1S/C20H23ClN2O2/c1-5-14-8-6-7-9-16(14)22-18(24)20(3,4)19(25)23-17-12-15(21)11-10-13(17)2/h6-12H,5H2,1-4H3,(H,22,24)(H,23,25). The van der Waals surface area contributed by atoms with E-state index in [0.717, 1.165) is 23.2 Å². The zero-order chi connectivity index (χ0) is 18.6. The van der Waals surface area contributed by atoms with E-state index >= 15 is 0 Å². The minimum atomic E-state index is -1.24. The molecule has 25 heavy (non-hydrogen) atoms. The van der Waals surface area contributed by atoms with Gasteiger partial charge in [-0.05, 0) is 56.5 Å². The van der Waals surface area contributed by atoms with Crippen LogP contribution in [0.5, 0.6) is 0 Å². The maximum atomic E-state index is 12.7. The highest BCUT2D eigenvalue weighted by Crippen LogP contribution is 2.26. The minimum Gasteiger partial charge on any atom is -0.325 e. The molecule has 0 fully saturated rings. The number of aryl methyl sites for hydroxylation is 2. The number of hydrogen-bond donors (Lipinski definition) is 2. The molecule has 2 rings (SSSR count). The molecule has 0 bridgehead atoms. The van der Waals surface area contributed by atoms with Crippen LogP contribution in [0.4, 0.5) is 11.4 Å². The van der Waals surface area contributed by atoms with Crippen molar-refractivity contribution in [2.45, 2.75) is 34.1 Å². The van der Waals surface area contributed by atoms with Crippen molar-refractivity contribution in [1.29, 1.82) is 0 Å². The molecule has 2 amide bonds. The largest absolute Gasteiger partial charge is 0.325 e. The Hall–Kier alpha value is -2.33. The van der Waals surface area contributed by atoms with Crippen molar-refractivity contribution in [3.05, 3.63) is 58.6 Å². The van der Waals surface area contributed by atoms with Gasteiger partial charge in [0.05, 0.1) is 0 Å². The minimum absolute atomic E-state index is 0.356. The van der Waals surface area contributed by atoms with Crippen LogP contribution >= 0.6 is 11.6 Å². The predicted molar refractivity (Wildman–Crippen MR) is 103 cm³/mol. The molecule has 0 aliphatic heterocycles. The fourth-order valence-electron chi connectivity index (χ4n) is 2.34. The van der Waals surface area contributed by atoms with Gasteiger partial charge in [0.1, 0.15) is 5.41 Å². The van der Waals surface area contributed by atoms with E-state index in [-0.39, 0.29) is 11.8 Å². The second kappa shape index (κ2) is 7.70. The van der Waals surface area contributed by atoms with Gasteiger partial charge in [0, 0.05) is 16.4 Å². The molecule has 0 aromatic heterocycles. The van der Waals surface area contributed by atoms with Gasteiger partial charge in [-0.1, -0.05) is 42.8 Å². The average molecular weight is 359 g/mol. The number of nitrogens with one attached hydrogen (secondary N) is 2. The number of carbonyl (C=O) groups is 2. The van der Waals surface area contributed by atoms with E-state index in [9.17, 15) is 9.59 Å². The lowest BCUT2D eigenvalue weighted by Gasteiger charge is -2.24. The van der Waals surface area contributed by atoms with E-state index in [4.69, 9.17) is 11.6 Å². The quantitative estimate of drug-likeness (QED) is 0.753. The van der Waals surface area contributed by atoms with Gasteiger partial charge < -0.3 is 10.6 Å². The number of rotatable bonds is 5. The molecule has 2 N–H and O–H groups in total. The molecule has 132 valence electrons. The number of amides is 2. The average Bonchev–Trinajstić information content (AvgIpc) is 2.58. The number of para-hydroxylation sites is 1. The van der Waals surface area contributed by atoms with Gasteiger partial charge in [-0.25, -0.2) is 0 Å². The van der Waals surface area contributed by atoms with E-state index < -0.39 is 5.41 Å². The van der Waals surface area contributed by atoms with Crippen molar-refractivity contribution >= 4 is 34.8 Å². The zero-order valence-corrected chi connectivity index (χ0v) is 15.7. The van der Waals surface area contributed by atoms with Crippen LogP contribution in [-0.2, 0) is 16.0 Å². The highest BCUT2D eigenvalue weighted by atomic mass is 35.5. The summed E-state index contributed by atoms with van der Waals surface area (Å²) >= 11 is 5.99. The van der Waals surface area contributed by atoms with Gasteiger partial charge in [-0.2, -0.15) is 0 Å². The van der Waals surface area contributed by atoms with Gasteiger partial charge in [-0.15, -0.1) is 0 Å². The number of anilines is 2. The first-order valence-electron chi connectivity index (χ1n) is 8.22. The maximum Gasteiger partial charge on any atom is 0.239 e. The van der Waals surface area contributed by atoms with Crippen LogP contribution in [0.3, 0.4) is 0 Å². The Bertz CT molecular complexity index is 800. The zero-order valence-electron chi connectivity index (χ0n) is 14.9. The fraction of sp³-hybridized carbons (Fsp3) is 0.300. The first kappa shape index (κ1) is 19.0. The lowest BCUT2D eigenvalue weighted by molar-refractivity contribution is -0.135. The number of carbonyl (C=O) groups excluding carboxylic acids is 2. The van der Waals surface area contributed by atoms with Crippen molar-refractivity contribution < 1.29 is 9.59 Å². The van der Waals surface area contributed by atoms with Crippen LogP contribution in [0.25, 0.3) is 0 Å². The van der Waals surface area contributed by atoms with Gasteiger partial charge in [0.2, 0.25) is 11.8 Å². The summed E-state index contributed by atoms with van der Waals surface area (Å²) in [7, 11) is 0. The molecule has 0 aliphatic rings. The first-order valence-corrected chi connectivity index (χ1v) is 8.60. The van der Waals surface area contributed by atoms with E-state index in [2.05, 4.69) is 10.6 Å². The van der Waals surface area contributed by atoms with Gasteiger partial charge >= 0.3 is 0 Å². The Balaban J connectivity index is 2.17. The van der Waals surface area contributed by atoms with Gasteiger partial charge in [0.15, 0.2) is 0 Å². The number of benzene rings is 2. The Morgan fingerprint density at radius 3 is 2.24 bits per heavy atom. The Kier molecular flexibility index (Phi) is 5.85. The van der Waals surface area contributed by atoms with Crippen LogP contribution in [0.1, 0.15) is 31.9 Å². The van der Waals surface area contributed by atoms with E-state index in [1.54, 1.807) is 26.0 Å². The molecule has 5 heteroatoms. The van der Waals surface area contributed by atoms with Crippen molar-refractivity contribution in [3.63, 3.8) is 0 Å². The van der Waals surface area contributed by atoms with Crippen LogP contribution in [0.2, 0.25) is 5.02 Å². The van der Waals surface area contributed by atoms with Crippen molar-refractivity contribution in [2.24, 2.45) is 5.41 Å². The van der Waals surface area contributed by atoms with Crippen LogP contribution < -0.4 is 10.6 Å². The Morgan fingerprint density at radius 1 is 1.00 bits per heavy atom. The highest BCUT2D eigenvalue weighted by molar-refractivity contribution is 6.31. The van der Waals surface area contributed by atoms with Crippen LogP contribution in [0.15, 0.2) is 42.5 Å². The third-order valence-electron chi connectivity index (χ3n) is 4.23. The molecule has 0 heterocycles. The summed E-state index contributed by atoms with van der Waals surface area (Å²) in [6, 6.07) is 12.8. The highest BCUT2D eigenvalue weighted by Gasteiger charge is 2.36. The second-order valence-electron chi connectivity index (χ2n) is 6.50. The molecule has 0 aliphatic carbocycles. The van der Waals surface area contributed by atoms with Crippen molar-refractivity contribution in [1.82, 2.24) is 0 Å². The summed E-state index contributed by atoms with van der Waals surface area (Å²) in [6.45, 7) is 7.10. The molecule has 0 unspecified atom stereocenters. The van der Waals surface area contributed by atoms with Gasteiger partial charge in [-0.3, -0.25) is 9.59 Å². The molecule has 0 radical (unpaired) electrons. The van der Waals surface area contributed by atoms with Crippen molar-refractivity contribution in [3.8, 4) is 0 Å². The van der Waals surface area contributed by atoms with E-state index in [0.29, 0.717) is 10.7 Å². The maximum absolute atomic E-state index is 12.7. The van der Waals surface area contributed by atoms with Crippen LogP contribution in [-0.4, -0.2) is 11.8 Å². The number of hydrogen-bond acceptors (Lipinski definition) is 2. The third-order valence-corrected chi connectivity index (χ3v) is 4.46. The lowest BCUT2D eigenvalue weighted by Crippen LogP contribution is -2.41. The molecular formula is C20H23ClN2O2. The molecule has 2 aromatic rings. The summed E-state index contributed by atoms with van der Waals surface area (Å²) in [6.07, 6.45) is 0.796. The summed E-state index contributed by atoms with van der Waals surface area (Å²) in [5.41, 5.74) is 2.00. The lowest BCUT2D eigenvalue weighted by atomic mass is 9.90. The summed E-state index contributed by atoms with van der Waals surface area (Å²) < 4.78 is 0. The van der Waals surface area contributed by atoms with Gasteiger partial charge in [0.25, 0.3) is 0 Å². The summed E-state index contributed by atoms with van der Waals surface area (Å²) in [5.74, 6) is -0.741. The molecule has 4 nitrogen and oxygen atoms in total. The molecule has 0 saturated carbocycles. The summed E-state index contributed by atoms with van der Waals surface area (Å²) in [4.78, 5) is 25.4. The number of halogens is 1. The third kappa shape index (κ3) is 4.40. The fourth-order valence-corrected chi connectivity index (χ4v) is 2.51. The van der Waals surface area contributed by atoms with E-state index in [1.165, 1.54) is 0 Å². The van der Waals surface area contributed by atoms with Crippen molar-refractivity contribution in [2.75, 3.05) is 10.6 Å². The Morgan fingerprint density at radius 2 is 1.60 bits per heavy atom. The second-order valence-corrected chi connectivity index (χ2v) is 6.94. The SMILES string of the molecule is CCc1ccccc1NC(=O)C(C)(C)C(=O)Nc1cc(Cl)ccc1C. The monoisotopic (exact) mass is 358 g/mol. The smallest absolute Gasteiger partial charge is 0.239 e. The molecule has 0 spiro atoms. The normalized spacial score (nSPS) is 11.1. The molecule has 2 aromatic carbocycles. The summed E-state index contributed by atoms with van der Waals surface area (Å²) in [5, 5.41) is 6.20. The molecule has 0 saturated heterocycles. The molecular weight excluding hydrogens is 336 g/mol. The Labute approximate surface area is 153 Å². The van der Waals surface area contributed by atoms with E-state index in [1.807, 2.05) is 44.2 Å². The molecule has 0 atom stereocenters. The van der Waals surface area contributed by atoms with Crippen LogP contribution in [0, 0.1) is 12.3 Å². The topological polar surface area (TPSA) is 58.2 Å². The predicted octanol–water partition coefficient (Wildman–Crippen LogP) is 4.81.